The van der Waals surface area contributed by atoms with Crippen LogP contribution >= 0.6 is 0 Å². The van der Waals surface area contributed by atoms with Gasteiger partial charge in [-0.15, -0.1) is 0 Å². The number of carbonyl (C=O) groups is 1. The Kier molecular flexibility index (Phi) is 5.23. The molecule has 0 aliphatic rings. The van der Waals surface area contributed by atoms with Crippen molar-refractivity contribution in [2.45, 2.75) is 6.42 Å². The number of rotatable bonds is 5. The molecule has 1 amide bonds. The summed E-state index contributed by atoms with van der Waals surface area (Å²) in [6.45, 7) is 3.99. The molecule has 0 aromatic heterocycles. The normalized spacial score (nSPS) is 8.40. The maximum Gasteiger partial charge on any atom is 0.243 e. The van der Waals surface area contributed by atoms with Gasteiger partial charge >= 0.3 is 0 Å². The van der Waals surface area contributed by atoms with Gasteiger partial charge in [-0.1, -0.05) is 11.8 Å². The Morgan fingerprint density at radius 2 is 2.40 bits per heavy atom. The van der Waals surface area contributed by atoms with Gasteiger partial charge in [0.05, 0.1) is 6.54 Å². The van der Waals surface area contributed by atoms with Crippen molar-refractivity contribution in [2.24, 2.45) is 5.18 Å². The first-order valence-corrected chi connectivity index (χ1v) is 3.00. The standard InChI is InChI=1S/C6H10N2O2/c1-2-6(9)7-4-3-5-8-10/h2H,1,3-5H2,(H,7,9). The Morgan fingerprint density at radius 1 is 1.70 bits per heavy atom. The summed E-state index contributed by atoms with van der Waals surface area (Å²) < 4.78 is 0. The summed E-state index contributed by atoms with van der Waals surface area (Å²) >= 11 is 0. The lowest BCUT2D eigenvalue weighted by atomic mass is 10.4. The molecule has 56 valence electrons. The molecule has 0 atom stereocenters. The van der Waals surface area contributed by atoms with Crippen LogP contribution in [0.15, 0.2) is 17.8 Å². The number of carbonyl (C=O) groups excluding carboxylic acids is 1. The van der Waals surface area contributed by atoms with Crippen LogP contribution in [0.2, 0.25) is 0 Å². The van der Waals surface area contributed by atoms with E-state index in [0.29, 0.717) is 13.0 Å². The van der Waals surface area contributed by atoms with E-state index >= 15 is 0 Å². The maximum atomic E-state index is 10.4. The van der Waals surface area contributed by atoms with Gasteiger partial charge in [0, 0.05) is 6.54 Å². The van der Waals surface area contributed by atoms with Crippen LogP contribution in [0.5, 0.6) is 0 Å². The molecular formula is C6H10N2O2. The highest BCUT2D eigenvalue weighted by Gasteiger charge is 1.90. The van der Waals surface area contributed by atoms with Crippen molar-refractivity contribution >= 4 is 5.91 Å². The molecule has 4 heteroatoms. The first-order chi connectivity index (χ1) is 4.81. The summed E-state index contributed by atoms with van der Waals surface area (Å²) in [6, 6.07) is 0. The number of hydrogen-bond acceptors (Lipinski definition) is 3. The van der Waals surface area contributed by atoms with E-state index in [1.165, 1.54) is 6.08 Å². The molecule has 0 bridgehead atoms. The Hall–Kier alpha value is -1.19. The average Bonchev–Trinajstić information content (AvgIpc) is 1.98. The number of nitroso groups, excluding NO2 is 1. The molecule has 0 rings (SSSR count). The van der Waals surface area contributed by atoms with Gasteiger partial charge in [0.15, 0.2) is 0 Å². The van der Waals surface area contributed by atoms with Gasteiger partial charge in [-0.05, 0) is 12.5 Å². The molecule has 0 saturated heterocycles. The summed E-state index contributed by atoms with van der Waals surface area (Å²) in [5.41, 5.74) is 0. The Balaban J connectivity index is 3.11. The van der Waals surface area contributed by atoms with Crippen molar-refractivity contribution < 1.29 is 4.79 Å². The maximum absolute atomic E-state index is 10.4. The highest BCUT2D eigenvalue weighted by Crippen LogP contribution is 1.77. The number of hydrogen-bond donors (Lipinski definition) is 1. The largest absolute Gasteiger partial charge is 0.353 e. The Bertz CT molecular complexity index is 134. The lowest BCUT2D eigenvalue weighted by Gasteiger charge is -1.96. The van der Waals surface area contributed by atoms with Crippen LogP contribution in [0.4, 0.5) is 0 Å². The number of amides is 1. The molecule has 0 unspecified atom stereocenters. The molecule has 0 aromatic carbocycles. The minimum atomic E-state index is -0.217. The quantitative estimate of drug-likeness (QED) is 0.344. The second-order valence-corrected chi connectivity index (χ2v) is 1.70. The van der Waals surface area contributed by atoms with E-state index in [9.17, 15) is 9.70 Å². The molecule has 0 radical (unpaired) electrons. The van der Waals surface area contributed by atoms with Crippen LogP contribution in [0.25, 0.3) is 0 Å². The van der Waals surface area contributed by atoms with E-state index in [-0.39, 0.29) is 12.5 Å². The van der Waals surface area contributed by atoms with E-state index in [1.54, 1.807) is 0 Å². The van der Waals surface area contributed by atoms with Gasteiger partial charge in [-0.25, -0.2) is 0 Å². The molecule has 0 heterocycles. The number of nitrogens with one attached hydrogen (secondary N) is 1. The Morgan fingerprint density at radius 3 is 2.90 bits per heavy atom. The molecule has 1 N–H and O–H groups in total. The first-order valence-electron chi connectivity index (χ1n) is 3.00. The monoisotopic (exact) mass is 142 g/mol. The minimum Gasteiger partial charge on any atom is -0.353 e. The second-order valence-electron chi connectivity index (χ2n) is 1.70. The lowest BCUT2D eigenvalue weighted by molar-refractivity contribution is -0.116. The van der Waals surface area contributed by atoms with Gasteiger partial charge in [0.1, 0.15) is 0 Å². The summed E-state index contributed by atoms with van der Waals surface area (Å²) in [4.78, 5) is 20.0. The molecule has 0 aromatic rings. The van der Waals surface area contributed by atoms with Crippen molar-refractivity contribution in [3.63, 3.8) is 0 Å². The fourth-order valence-corrected chi connectivity index (χ4v) is 0.427. The predicted octanol–water partition coefficient (Wildman–Crippen LogP) is 0.445. The van der Waals surface area contributed by atoms with E-state index < -0.39 is 0 Å². The molecular weight excluding hydrogens is 132 g/mol. The summed E-state index contributed by atoms with van der Waals surface area (Å²) in [6.07, 6.45) is 1.78. The molecule has 0 saturated carbocycles. The fraction of sp³-hybridized carbons (Fsp3) is 0.500. The topological polar surface area (TPSA) is 58.5 Å². The van der Waals surface area contributed by atoms with Crippen molar-refractivity contribution in [1.29, 1.82) is 0 Å². The van der Waals surface area contributed by atoms with Gasteiger partial charge in [-0.3, -0.25) is 4.79 Å². The lowest BCUT2D eigenvalue weighted by Crippen LogP contribution is -2.22. The molecule has 0 spiro atoms. The van der Waals surface area contributed by atoms with Crippen molar-refractivity contribution in [2.75, 3.05) is 13.1 Å². The van der Waals surface area contributed by atoms with Crippen LogP contribution < -0.4 is 5.32 Å². The highest BCUT2D eigenvalue weighted by atomic mass is 16.3. The average molecular weight is 142 g/mol. The predicted molar refractivity (Wildman–Crippen MR) is 38.5 cm³/mol. The Labute approximate surface area is 59.3 Å². The molecule has 0 aliphatic carbocycles. The van der Waals surface area contributed by atoms with Gasteiger partial charge < -0.3 is 5.32 Å². The van der Waals surface area contributed by atoms with Crippen molar-refractivity contribution in [3.8, 4) is 0 Å². The summed E-state index contributed by atoms with van der Waals surface area (Å²) in [5, 5.41) is 5.14. The van der Waals surface area contributed by atoms with Crippen LogP contribution in [0, 0.1) is 4.91 Å². The third kappa shape index (κ3) is 4.96. The SMILES string of the molecule is C=CC(=O)NCCCN=O. The van der Waals surface area contributed by atoms with Gasteiger partial charge in [-0.2, -0.15) is 4.91 Å². The zero-order chi connectivity index (χ0) is 7.82. The van der Waals surface area contributed by atoms with Gasteiger partial charge in [0.2, 0.25) is 5.91 Å². The molecule has 0 aliphatic heterocycles. The number of nitrogens with zero attached hydrogens (tertiary/aromatic N) is 1. The van der Waals surface area contributed by atoms with E-state index in [4.69, 9.17) is 0 Å². The van der Waals surface area contributed by atoms with Crippen molar-refractivity contribution in [1.82, 2.24) is 5.32 Å². The van der Waals surface area contributed by atoms with Crippen molar-refractivity contribution in [3.05, 3.63) is 17.6 Å². The summed E-state index contributed by atoms with van der Waals surface area (Å²) in [5.74, 6) is -0.217. The first kappa shape index (κ1) is 8.81. The smallest absolute Gasteiger partial charge is 0.243 e. The highest BCUT2D eigenvalue weighted by molar-refractivity contribution is 5.86. The zero-order valence-electron chi connectivity index (χ0n) is 5.67. The molecule has 0 fully saturated rings. The van der Waals surface area contributed by atoms with Crippen LogP contribution in [-0.2, 0) is 4.79 Å². The van der Waals surface area contributed by atoms with Crippen LogP contribution in [0.1, 0.15) is 6.42 Å². The van der Waals surface area contributed by atoms with Crippen LogP contribution in [0.3, 0.4) is 0 Å². The third-order valence-corrected chi connectivity index (χ3v) is 0.911. The van der Waals surface area contributed by atoms with Crippen LogP contribution in [-0.4, -0.2) is 19.0 Å². The van der Waals surface area contributed by atoms with E-state index in [0.717, 1.165) is 0 Å². The van der Waals surface area contributed by atoms with E-state index in [2.05, 4.69) is 17.1 Å². The van der Waals surface area contributed by atoms with E-state index in [1.807, 2.05) is 0 Å². The second kappa shape index (κ2) is 5.94. The zero-order valence-corrected chi connectivity index (χ0v) is 5.67. The fourth-order valence-electron chi connectivity index (χ4n) is 0.427. The van der Waals surface area contributed by atoms with Gasteiger partial charge in [0.25, 0.3) is 0 Å². The molecule has 10 heavy (non-hydrogen) atoms. The minimum absolute atomic E-state index is 0.217. The summed E-state index contributed by atoms with van der Waals surface area (Å²) in [7, 11) is 0. The molecule has 4 nitrogen and oxygen atoms in total. The third-order valence-electron chi connectivity index (χ3n) is 0.911.